The highest BCUT2D eigenvalue weighted by Gasteiger charge is 2.09. The molecule has 6 heteroatoms. The lowest BCUT2D eigenvalue weighted by Crippen LogP contribution is -2.04. The van der Waals surface area contributed by atoms with Crippen LogP contribution < -0.4 is 10.6 Å². The lowest BCUT2D eigenvalue weighted by molar-refractivity contribution is 0.400. The van der Waals surface area contributed by atoms with Crippen molar-refractivity contribution in [3.63, 3.8) is 0 Å². The van der Waals surface area contributed by atoms with Crippen molar-refractivity contribution in [1.29, 1.82) is 0 Å². The minimum atomic E-state index is 0.473. The smallest absolute Gasteiger partial charge is 0.230 e. The van der Waals surface area contributed by atoms with Gasteiger partial charge in [-0.05, 0) is 37.0 Å². The molecule has 0 saturated carbocycles. The lowest BCUT2D eigenvalue weighted by Gasteiger charge is -2.15. The first-order valence-electron chi connectivity index (χ1n) is 8.10. The number of benzene rings is 1. The maximum absolute atomic E-state index is 5.04. The molecule has 2 N–H and O–H groups in total. The van der Waals surface area contributed by atoms with Crippen LogP contribution in [0.15, 0.2) is 41.1 Å². The van der Waals surface area contributed by atoms with Crippen molar-refractivity contribution in [1.82, 2.24) is 15.1 Å². The van der Waals surface area contributed by atoms with Crippen LogP contribution in [-0.2, 0) is 12.8 Å². The Morgan fingerprint density at radius 1 is 1.00 bits per heavy atom. The van der Waals surface area contributed by atoms with Gasteiger partial charge in [0.1, 0.15) is 11.6 Å². The predicted molar refractivity (Wildman–Crippen MR) is 95.0 cm³/mol. The number of hydrogen-bond acceptors (Lipinski definition) is 6. The van der Waals surface area contributed by atoms with Gasteiger partial charge in [-0.2, -0.15) is 4.98 Å². The molecule has 0 unspecified atom stereocenters. The molecule has 24 heavy (non-hydrogen) atoms. The van der Waals surface area contributed by atoms with E-state index in [0.717, 1.165) is 30.1 Å². The van der Waals surface area contributed by atoms with Crippen LogP contribution in [0.5, 0.6) is 0 Å². The van der Waals surface area contributed by atoms with Gasteiger partial charge in [-0.1, -0.05) is 37.2 Å². The molecule has 0 atom stereocenters. The Morgan fingerprint density at radius 2 is 1.75 bits per heavy atom. The number of para-hydroxylation sites is 1. The van der Waals surface area contributed by atoms with Gasteiger partial charge in [-0.25, -0.2) is 4.98 Å². The van der Waals surface area contributed by atoms with Gasteiger partial charge in [0.2, 0.25) is 5.95 Å². The average Bonchev–Trinajstić information content (AvgIpc) is 3.00. The predicted octanol–water partition coefficient (Wildman–Crippen LogP) is 4.39. The number of nitrogens with one attached hydrogen (secondary N) is 2. The number of nitrogens with zero attached hydrogens (tertiary/aromatic N) is 3. The third-order valence-corrected chi connectivity index (χ3v) is 3.78. The third kappa shape index (κ3) is 3.53. The van der Waals surface area contributed by atoms with Crippen molar-refractivity contribution < 1.29 is 4.52 Å². The Kier molecular flexibility index (Phi) is 4.74. The van der Waals surface area contributed by atoms with E-state index >= 15 is 0 Å². The third-order valence-electron chi connectivity index (χ3n) is 3.78. The Labute approximate surface area is 141 Å². The summed E-state index contributed by atoms with van der Waals surface area (Å²) in [6.07, 6.45) is 3.64. The van der Waals surface area contributed by atoms with E-state index < -0.39 is 0 Å². The standard InChI is InChI=1S/C18H21N5O/c1-4-13-7-6-8-14(5-2)17(13)20-15-9-10-19-18(21-15)22-16-11-12(3)24-23-16/h6-11H,4-5H2,1-3H3,(H2,19,20,21,22,23). The zero-order valence-corrected chi connectivity index (χ0v) is 14.1. The van der Waals surface area contributed by atoms with Crippen LogP contribution in [0.3, 0.4) is 0 Å². The molecule has 0 aliphatic rings. The van der Waals surface area contributed by atoms with Gasteiger partial charge in [0.25, 0.3) is 0 Å². The molecule has 0 aliphatic carbocycles. The average molecular weight is 323 g/mol. The zero-order valence-electron chi connectivity index (χ0n) is 14.1. The second-order valence-electron chi connectivity index (χ2n) is 5.50. The minimum absolute atomic E-state index is 0.473. The summed E-state index contributed by atoms with van der Waals surface area (Å²) < 4.78 is 5.04. The molecule has 6 nitrogen and oxygen atoms in total. The highest BCUT2D eigenvalue weighted by molar-refractivity contribution is 5.66. The number of aromatic nitrogens is 3. The first kappa shape index (κ1) is 16.0. The summed E-state index contributed by atoms with van der Waals surface area (Å²) in [4.78, 5) is 8.74. The minimum Gasteiger partial charge on any atom is -0.360 e. The maximum Gasteiger partial charge on any atom is 0.230 e. The lowest BCUT2D eigenvalue weighted by atomic mass is 10.0. The molecule has 0 spiro atoms. The summed E-state index contributed by atoms with van der Waals surface area (Å²) in [5, 5.41) is 10.4. The summed E-state index contributed by atoms with van der Waals surface area (Å²) in [5.41, 5.74) is 3.67. The molecule has 0 bridgehead atoms. The Morgan fingerprint density at radius 3 is 2.38 bits per heavy atom. The quantitative estimate of drug-likeness (QED) is 0.701. The van der Waals surface area contributed by atoms with Gasteiger partial charge in [-0.3, -0.25) is 0 Å². The van der Waals surface area contributed by atoms with Crippen molar-refractivity contribution >= 4 is 23.3 Å². The number of rotatable bonds is 6. The van der Waals surface area contributed by atoms with E-state index in [0.29, 0.717) is 11.8 Å². The van der Waals surface area contributed by atoms with Crippen LogP contribution in [0.25, 0.3) is 0 Å². The van der Waals surface area contributed by atoms with E-state index in [1.165, 1.54) is 11.1 Å². The highest BCUT2D eigenvalue weighted by atomic mass is 16.5. The van der Waals surface area contributed by atoms with E-state index in [2.05, 4.69) is 57.8 Å². The molecule has 0 fully saturated rings. The zero-order chi connectivity index (χ0) is 16.9. The second kappa shape index (κ2) is 7.12. The molecule has 1 aromatic carbocycles. The Balaban J connectivity index is 1.85. The molecule has 0 saturated heterocycles. The van der Waals surface area contributed by atoms with Crippen LogP contribution in [-0.4, -0.2) is 15.1 Å². The molecule has 0 radical (unpaired) electrons. The fourth-order valence-electron chi connectivity index (χ4n) is 2.56. The van der Waals surface area contributed by atoms with Gasteiger partial charge in [0, 0.05) is 18.0 Å². The number of anilines is 4. The van der Waals surface area contributed by atoms with Crippen LogP contribution in [0.2, 0.25) is 0 Å². The Hall–Kier alpha value is -2.89. The van der Waals surface area contributed by atoms with Gasteiger partial charge in [-0.15, -0.1) is 0 Å². The van der Waals surface area contributed by atoms with Crippen LogP contribution in [0, 0.1) is 6.92 Å². The summed E-state index contributed by atoms with van der Waals surface area (Å²) >= 11 is 0. The number of aryl methyl sites for hydroxylation is 3. The fraction of sp³-hybridized carbons (Fsp3) is 0.278. The normalized spacial score (nSPS) is 10.6. The maximum atomic E-state index is 5.04. The molecule has 2 aromatic heterocycles. The SMILES string of the molecule is CCc1cccc(CC)c1Nc1ccnc(Nc2cc(C)on2)n1. The largest absolute Gasteiger partial charge is 0.360 e. The summed E-state index contributed by atoms with van der Waals surface area (Å²) in [6, 6.07) is 10.0. The molecule has 2 heterocycles. The van der Waals surface area contributed by atoms with E-state index in [-0.39, 0.29) is 0 Å². The fourth-order valence-corrected chi connectivity index (χ4v) is 2.56. The van der Waals surface area contributed by atoms with E-state index in [1.807, 2.05) is 13.0 Å². The van der Waals surface area contributed by atoms with E-state index in [4.69, 9.17) is 4.52 Å². The van der Waals surface area contributed by atoms with Crippen molar-refractivity contribution in [2.45, 2.75) is 33.6 Å². The monoisotopic (exact) mass is 323 g/mol. The van der Waals surface area contributed by atoms with Gasteiger partial charge >= 0.3 is 0 Å². The van der Waals surface area contributed by atoms with Crippen LogP contribution in [0.4, 0.5) is 23.3 Å². The van der Waals surface area contributed by atoms with Crippen molar-refractivity contribution in [2.75, 3.05) is 10.6 Å². The van der Waals surface area contributed by atoms with Crippen LogP contribution >= 0.6 is 0 Å². The first-order valence-corrected chi connectivity index (χ1v) is 8.10. The molecular formula is C18H21N5O. The van der Waals surface area contributed by atoms with Crippen molar-refractivity contribution in [2.24, 2.45) is 0 Å². The van der Waals surface area contributed by atoms with E-state index in [9.17, 15) is 0 Å². The summed E-state index contributed by atoms with van der Waals surface area (Å²) in [6.45, 7) is 6.14. The van der Waals surface area contributed by atoms with E-state index in [1.54, 1.807) is 12.3 Å². The second-order valence-corrected chi connectivity index (χ2v) is 5.50. The van der Waals surface area contributed by atoms with Gasteiger partial charge in [0.15, 0.2) is 5.82 Å². The first-order chi connectivity index (χ1) is 11.7. The van der Waals surface area contributed by atoms with Gasteiger partial charge in [0.05, 0.1) is 0 Å². The summed E-state index contributed by atoms with van der Waals surface area (Å²) in [5.74, 6) is 2.53. The molecule has 124 valence electrons. The number of hydrogen-bond donors (Lipinski definition) is 2. The molecule has 0 aliphatic heterocycles. The van der Waals surface area contributed by atoms with Crippen molar-refractivity contribution in [3.05, 3.63) is 53.4 Å². The summed E-state index contributed by atoms with van der Waals surface area (Å²) in [7, 11) is 0. The highest BCUT2D eigenvalue weighted by Crippen LogP contribution is 2.26. The molecule has 3 aromatic rings. The molecule has 3 rings (SSSR count). The molecular weight excluding hydrogens is 302 g/mol. The van der Waals surface area contributed by atoms with Crippen LogP contribution in [0.1, 0.15) is 30.7 Å². The Bertz CT molecular complexity index is 806. The van der Waals surface area contributed by atoms with Crippen molar-refractivity contribution in [3.8, 4) is 0 Å². The topological polar surface area (TPSA) is 75.9 Å². The molecule has 0 amide bonds. The van der Waals surface area contributed by atoms with Gasteiger partial charge < -0.3 is 15.2 Å².